The van der Waals surface area contributed by atoms with Crippen LogP contribution in [0.2, 0.25) is 5.02 Å². The summed E-state index contributed by atoms with van der Waals surface area (Å²) in [4.78, 5) is 18.5. The highest BCUT2D eigenvalue weighted by Crippen LogP contribution is 2.26. The first-order chi connectivity index (χ1) is 13.8. The molecule has 0 spiro atoms. The third kappa shape index (κ3) is 4.79. The molecule has 0 atom stereocenters. The van der Waals surface area contributed by atoms with Gasteiger partial charge in [0.05, 0.1) is 21.2 Å². The number of sulfonamides is 1. The molecule has 0 radical (unpaired) electrons. The van der Waals surface area contributed by atoms with E-state index < -0.39 is 27.3 Å². The summed E-state index contributed by atoms with van der Waals surface area (Å²) in [6.07, 6.45) is 2.20. The molecule has 0 aliphatic heterocycles. The lowest BCUT2D eigenvalue weighted by Gasteiger charge is -2.11. The fraction of sp³-hybridized carbons (Fsp3) is 0.100. The van der Waals surface area contributed by atoms with Crippen LogP contribution in [0.5, 0.6) is 0 Å². The van der Waals surface area contributed by atoms with Gasteiger partial charge in [0.2, 0.25) is 0 Å². The molecule has 3 rings (SSSR count). The van der Waals surface area contributed by atoms with E-state index in [1.54, 1.807) is 36.5 Å². The molecule has 29 heavy (non-hydrogen) atoms. The first-order valence-corrected chi connectivity index (χ1v) is 10.5. The Morgan fingerprint density at radius 3 is 2.62 bits per heavy atom. The normalized spacial score (nSPS) is 11.3. The Morgan fingerprint density at radius 2 is 1.93 bits per heavy atom. The molecule has 2 N–H and O–H groups in total. The van der Waals surface area contributed by atoms with E-state index in [4.69, 9.17) is 11.6 Å². The topological polar surface area (TPSA) is 88.2 Å². The minimum atomic E-state index is -4.03. The molecule has 0 aliphatic carbocycles. The molecule has 0 bridgehead atoms. The fourth-order valence-corrected chi connectivity index (χ4v) is 3.74. The number of carbonyl (C=O) groups is 1. The predicted octanol–water partition coefficient (Wildman–Crippen LogP) is 3.73. The number of amides is 1. The number of nitrogens with one attached hydrogen (secondary N) is 2. The van der Waals surface area contributed by atoms with Crippen LogP contribution >= 0.6 is 11.6 Å². The Labute approximate surface area is 172 Å². The molecule has 6 nitrogen and oxygen atoms in total. The van der Waals surface area contributed by atoms with Gasteiger partial charge < -0.3 is 0 Å². The minimum Gasteiger partial charge on any atom is -0.273 e. The van der Waals surface area contributed by atoms with Crippen molar-refractivity contribution in [1.82, 2.24) is 15.2 Å². The summed E-state index contributed by atoms with van der Waals surface area (Å²) in [7, 11) is -4.03. The number of benzene rings is 2. The molecule has 0 aliphatic rings. The van der Waals surface area contributed by atoms with Gasteiger partial charge in [-0.3, -0.25) is 15.2 Å². The highest BCUT2D eigenvalue weighted by molar-refractivity contribution is 7.89. The smallest absolute Gasteiger partial charge is 0.269 e. The van der Waals surface area contributed by atoms with Crippen molar-refractivity contribution in [3.8, 4) is 11.3 Å². The number of aryl methyl sites for hydroxylation is 1. The second-order valence-electron chi connectivity index (χ2n) is 6.10. The summed E-state index contributed by atoms with van der Waals surface area (Å²) in [6, 6.07) is 14.0. The zero-order valence-corrected chi connectivity index (χ0v) is 16.9. The van der Waals surface area contributed by atoms with Crippen LogP contribution in [0.3, 0.4) is 0 Å². The van der Waals surface area contributed by atoms with Crippen LogP contribution in [0, 0.1) is 5.82 Å². The van der Waals surface area contributed by atoms with Gasteiger partial charge in [-0.1, -0.05) is 36.7 Å². The van der Waals surface area contributed by atoms with Gasteiger partial charge in [-0.2, -0.15) is 0 Å². The van der Waals surface area contributed by atoms with Gasteiger partial charge in [0, 0.05) is 11.8 Å². The molecule has 0 unspecified atom stereocenters. The van der Waals surface area contributed by atoms with Crippen molar-refractivity contribution in [3.63, 3.8) is 0 Å². The van der Waals surface area contributed by atoms with Crippen LogP contribution < -0.4 is 10.3 Å². The maximum absolute atomic E-state index is 14.4. The Hall–Kier alpha value is -2.81. The number of hydrazine groups is 1. The second kappa shape index (κ2) is 8.69. The van der Waals surface area contributed by atoms with Crippen molar-refractivity contribution >= 4 is 27.5 Å². The monoisotopic (exact) mass is 433 g/mol. The maximum atomic E-state index is 14.4. The van der Waals surface area contributed by atoms with Gasteiger partial charge in [0.25, 0.3) is 15.9 Å². The number of aromatic nitrogens is 1. The Bertz CT molecular complexity index is 1150. The third-order valence-corrected chi connectivity index (χ3v) is 5.67. The molecule has 1 aromatic heterocycles. The molecule has 1 heterocycles. The van der Waals surface area contributed by atoms with Gasteiger partial charge >= 0.3 is 0 Å². The summed E-state index contributed by atoms with van der Waals surface area (Å²) in [6.45, 7) is 1.89. The third-order valence-electron chi connectivity index (χ3n) is 4.15. The number of nitrogens with zero attached hydrogens (tertiary/aromatic N) is 1. The minimum absolute atomic E-state index is 0.0158. The largest absolute Gasteiger partial charge is 0.273 e. The van der Waals surface area contributed by atoms with Crippen molar-refractivity contribution in [2.45, 2.75) is 18.2 Å². The first kappa shape index (κ1) is 20.9. The van der Waals surface area contributed by atoms with Gasteiger partial charge in [-0.05, 0) is 48.4 Å². The molecule has 9 heteroatoms. The standard InChI is InChI=1S/C20H17ClFN3O3S/c1-2-13-6-5-7-15(10-13)29(27,28)25-24-20(26)16-11-14(12-17(21)19(16)22)18-8-3-4-9-23-18/h3-12,25H,2H2,1H3,(H,24,26). The molecule has 0 fully saturated rings. The number of hydrogen-bond donors (Lipinski definition) is 2. The van der Waals surface area contributed by atoms with E-state index in [0.717, 1.165) is 5.56 Å². The highest BCUT2D eigenvalue weighted by atomic mass is 35.5. The van der Waals surface area contributed by atoms with E-state index in [1.165, 1.54) is 24.3 Å². The molecular weight excluding hydrogens is 417 g/mol. The van der Waals surface area contributed by atoms with E-state index >= 15 is 0 Å². The zero-order chi connectivity index (χ0) is 21.0. The molecular formula is C20H17ClFN3O3S. The Balaban J connectivity index is 1.84. The van der Waals surface area contributed by atoms with E-state index in [-0.39, 0.29) is 9.92 Å². The Kier molecular flexibility index (Phi) is 6.26. The summed E-state index contributed by atoms with van der Waals surface area (Å²) in [5, 5.41) is -0.281. The van der Waals surface area contributed by atoms with Crippen molar-refractivity contribution < 1.29 is 17.6 Å². The average Bonchev–Trinajstić information content (AvgIpc) is 2.74. The van der Waals surface area contributed by atoms with Gasteiger partial charge in [0.15, 0.2) is 5.82 Å². The van der Waals surface area contributed by atoms with Crippen LogP contribution in [-0.4, -0.2) is 19.3 Å². The lowest BCUT2D eigenvalue weighted by atomic mass is 10.1. The summed E-state index contributed by atoms with van der Waals surface area (Å²) < 4.78 is 39.2. The van der Waals surface area contributed by atoms with Crippen molar-refractivity contribution in [1.29, 1.82) is 0 Å². The van der Waals surface area contributed by atoms with Gasteiger partial charge in [0.1, 0.15) is 0 Å². The van der Waals surface area contributed by atoms with Crippen LogP contribution in [0.1, 0.15) is 22.8 Å². The van der Waals surface area contributed by atoms with Crippen LogP contribution in [0.25, 0.3) is 11.3 Å². The van der Waals surface area contributed by atoms with Crippen molar-refractivity contribution in [2.24, 2.45) is 0 Å². The summed E-state index contributed by atoms with van der Waals surface area (Å²) in [5.41, 5.74) is 3.34. The molecule has 3 aromatic rings. The lowest BCUT2D eigenvalue weighted by Crippen LogP contribution is -2.41. The first-order valence-electron chi connectivity index (χ1n) is 8.63. The number of hydrogen-bond acceptors (Lipinski definition) is 4. The zero-order valence-electron chi connectivity index (χ0n) is 15.3. The lowest BCUT2D eigenvalue weighted by molar-refractivity contribution is 0.0941. The van der Waals surface area contributed by atoms with Crippen LogP contribution in [0.4, 0.5) is 4.39 Å². The van der Waals surface area contributed by atoms with E-state index in [2.05, 4.69) is 4.98 Å². The van der Waals surface area contributed by atoms with Gasteiger partial charge in [-0.25, -0.2) is 12.8 Å². The second-order valence-corrected chi connectivity index (χ2v) is 8.18. The summed E-state index contributed by atoms with van der Waals surface area (Å²) in [5.74, 6) is -1.95. The number of pyridine rings is 1. The van der Waals surface area contributed by atoms with Crippen LogP contribution in [0.15, 0.2) is 65.7 Å². The van der Waals surface area contributed by atoms with E-state index in [1.807, 2.05) is 17.2 Å². The number of carbonyl (C=O) groups excluding carboxylic acids is 1. The quantitative estimate of drug-likeness (QED) is 0.580. The SMILES string of the molecule is CCc1cccc(S(=O)(=O)NNC(=O)c2cc(-c3ccccn3)cc(Cl)c2F)c1. The van der Waals surface area contributed by atoms with Crippen LogP contribution in [-0.2, 0) is 16.4 Å². The van der Waals surface area contributed by atoms with Gasteiger partial charge in [-0.15, -0.1) is 4.83 Å². The van der Waals surface area contributed by atoms with Crippen molar-refractivity contribution in [2.75, 3.05) is 0 Å². The maximum Gasteiger partial charge on any atom is 0.269 e. The molecule has 0 saturated heterocycles. The number of rotatable bonds is 6. The van der Waals surface area contributed by atoms with E-state index in [0.29, 0.717) is 17.7 Å². The fourth-order valence-electron chi connectivity index (χ4n) is 2.61. The molecule has 2 aromatic carbocycles. The molecule has 150 valence electrons. The van der Waals surface area contributed by atoms with E-state index in [9.17, 15) is 17.6 Å². The Morgan fingerprint density at radius 1 is 1.14 bits per heavy atom. The molecule has 0 saturated carbocycles. The predicted molar refractivity (Wildman–Crippen MR) is 108 cm³/mol. The summed E-state index contributed by atoms with van der Waals surface area (Å²) >= 11 is 5.91. The number of halogens is 2. The van der Waals surface area contributed by atoms with Crippen molar-refractivity contribution in [3.05, 3.63) is 82.8 Å². The average molecular weight is 434 g/mol. The molecule has 1 amide bonds. The highest BCUT2D eigenvalue weighted by Gasteiger charge is 2.20.